The number of anilines is 2. The van der Waals surface area contributed by atoms with Crippen LogP contribution in [0.3, 0.4) is 0 Å². The van der Waals surface area contributed by atoms with E-state index in [0.717, 1.165) is 36.4 Å². The molecule has 2 aliphatic rings. The standard InChI is InChI=1S/C19H19ClN8OS/c20-14-12(3-7-23-16(14)22)30-13-10-25-18(27-26-13)28-8-4-19(5-9-28)15(21)11-2-1-6-24-17(11)29-19/h1-3,6-7,10,15H,4-5,8-9,21H2,(H2,22,23)/t15-/m1/s1. The lowest BCUT2D eigenvalue weighted by Crippen LogP contribution is -2.51. The molecule has 4 N–H and O–H groups in total. The molecule has 5 heterocycles. The first kappa shape index (κ1) is 19.3. The Morgan fingerprint density at radius 3 is 2.70 bits per heavy atom. The lowest BCUT2D eigenvalue weighted by Gasteiger charge is -2.40. The van der Waals surface area contributed by atoms with Crippen molar-refractivity contribution >= 4 is 35.1 Å². The van der Waals surface area contributed by atoms with Gasteiger partial charge in [0.25, 0.3) is 0 Å². The molecule has 0 radical (unpaired) electrons. The van der Waals surface area contributed by atoms with Crippen LogP contribution in [0, 0.1) is 0 Å². The van der Waals surface area contributed by atoms with Crippen LogP contribution in [0.2, 0.25) is 5.02 Å². The third-order valence-electron chi connectivity index (χ3n) is 5.52. The van der Waals surface area contributed by atoms with Gasteiger partial charge in [-0.15, -0.1) is 10.2 Å². The van der Waals surface area contributed by atoms with Crippen LogP contribution in [0.15, 0.2) is 46.7 Å². The van der Waals surface area contributed by atoms with Gasteiger partial charge in [-0.2, -0.15) is 0 Å². The number of nitrogen functional groups attached to an aromatic ring is 1. The highest BCUT2D eigenvalue weighted by Crippen LogP contribution is 2.46. The first-order valence-electron chi connectivity index (χ1n) is 9.48. The lowest BCUT2D eigenvalue weighted by molar-refractivity contribution is 0.0396. The zero-order valence-corrected chi connectivity index (χ0v) is 17.5. The third-order valence-corrected chi connectivity index (χ3v) is 6.98. The predicted octanol–water partition coefficient (Wildman–Crippen LogP) is 2.48. The van der Waals surface area contributed by atoms with Crippen molar-refractivity contribution in [1.29, 1.82) is 0 Å². The first-order valence-corrected chi connectivity index (χ1v) is 10.7. The Morgan fingerprint density at radius 2 is 1.97 bits per heavy atom. The molecular weight excluding hydrogens is 424 g/mol. The van der Waals surface area contributed by atoms with Crippen molar-refractivity contribution in [2.24, 2.45) is 5.73 Å². The van der Waals surface area contributed by atoms with Gasteiger partial charge in [0.1, 0.15) is 16.4 Å². The Morgan fingerprint density at radius 1 is 1.13 bits per heavy atom. The third kappa shape index (κ3) is 3.30. The molecule has 11 heteroatoms. The van der Waals surface area contributed by atoms with E-state index in [9.17, 15) is 0 Å². The molecule has 1 atom stereocenters. The fourth-order valence-electron chi connectivity index (χ4n) is 3.85. The summed E-state index contributed by atoms with van der Waals surface area (Å²) in [6.07, 6.45) is 6.53. The van der Waals surface area contributed by atoms with E-state index in [0.29, 0.717) is 21.9 Å². The maximum absolute atomic E-state index is 6.50. The number of halogens is 1. The van der Waals surface area contributed by atoms with Crippen LogP contribution in [0.4, 0.5) is 11.8 Å². The Balaban J connectivity index is 1.26. The molecule has 30 heavy (non-hydrogen) atoms. The van der Waals surface area contributed by atoms with E-state index in [-0.39, 0.29) is 11.9 Å². The highest BCUT2D eigenvalue weighted by molar-refractivity contribution is 7.99. The number of aromatic nitrogens is 5. The number of hydrogen-bond acceptors (Lipinski definition) is 10. The predicted molar refractivity (Wildman–Crippen MR) is 114 cm³/mol. The SMILES string of the molecule is Nc1nccc(Sc2cnc(N3CCC4(CC3)Oc3ncccc3[C@H]4N)nn2)c1Cl. The topological polar surface area (TPSA) is 129 Å². The molecule has 0 saturated carbocycles. The minimum absolute atomic E-state index is 0.182. The number of rotatable bonds is 3. The number of nitrogens with zero attached hydrogens (tertiary/aromatic N) is 6. The van der Waals surface area contributed by atoms with Crippen LogP contribution >= 0.6 is 23.4 Å². The van der Waals surface area contributed by atoms with Crippen LogP contribution in [0.1, 0.15) is 24.4 Å². The quantitative estimate of drug-likeness (QED) is 0.623. The summed E-state index contributed by atoms with van der Waals surface area (Å²) in [6.45, 7) is 1.45. The fourth-order valence-corrected chi connectivity index (χ4v) is 4.81. The minimum Gasteiger partial charge on any atom is -0.469 e. The summed E-state index contributed by atoms with van der Waals surface area (Å²) in [7, 11) is 0. The van der Waals surface area contributed by atoms with Gasteiger partial charge in [0.05, 0.1) is 17.3 Å². The highest BCUT2D eigenvalue weighted by atomic mass is 35.5. The molecule has 2 aliphatic heterocycles. The van der Waals surface area contributed by atoms with E-state index in [4.69, 9.17) is 27.8 Å². The van der Waals surface area contributed by atoms with Crippen molar-refractivity contribution in [2.45, 2.75) is 34.4 Å². The number of fused-ring (bicyclic) bond motifs is 1. The molecule has 3 aromatic rings. The van der Waals surface area contributed by atoms with Gasteiger partial charge < -0.3 is 21.1 Å². The zero-order chi connectivity index (χ0) is 20.7. The smallest absolute Gasteiger partial charge is 0.245 e. The number of pyridine rings is 2. The second kappa shape index (κ2) is 7.53. The van der Waals surface area contributed by atoms with Gasteiger partial charge in [-0.05, 0) is 12.1 Å². The molecule has 0 aromatic carbocycles. The van der Waals surface area contributed by atoms with Gasteiger partial charge in [0, 0.05) is 48.8 Å². The molecule has 1 fully saturated rings. The summed E-state index contributed by atoms with van der Waals surface area (Å²) >= 11 is 7.53. The number of ether oxygens (including phenoxy) is 1. The van der Waals surface area contributed by atoms with Crippen LogP contribution in [-0.4, -0.2) is 43.8 Å². The average molecular weight is 443 g/mol. The van der Waals surface area contributed by atoms with Crippen molar-refractivity contribution in [3.8, 4) is 5.88 Å². The second-order valence-corrected chi connectivity index (χ2v) is 8.68. The molecular formula is C19H19ClN8OS. The first-order chi connectivity index (χ1) is 14.6. The van der Waals surface area contributed by atoms with Gasteiger partial charge in [-0.1, -0.05) is 29.4 Å². The molecule has 0 aliphatic carbocycles. The summed E-state index contributed by atoms with van der Waals surface area (Å²) in [5.41, 5.74) is 12.8. The molecule has 1 spiro atoms. The number of hydrogen-bond donors (Lipinski definition) is 2. The summed E-state index contributed by atoms with van der Waals surface area (Å²) < 4.78 is 6.19. The van der Waals surface area contributed by atoms with Gasteiger partial charge in [0.2, 0.25) is 11.8 Å². The zero-order valence-electron chi connectivity index (χ0n) is 15.9. The summed E-state index contributed by atoms with van der Waals surface area (Å²) in [4.78, 5) is 15.6. The van der Waals surface area contributed by atoms with Gasteiger partial charge in [0.15, 0.2) is 0 Å². The highest BCUT2D eigenvalue weighted by Gasteiger charge is 2.49. The Labute approximate surface area is 182 Å². The van der Waals surface area contributed by atoms with Crippen molar-refractivity contribution in [1.82, 2.24) is 25.1 Å². The van der Waals surface area contributed by atoms with Crippen molar-refractivity contribution in [2.75, 3.05) is 23.7 Å². The Hall–Kier alpha value is -2.69. The van der Waals surface area contributed by atoms with Gasteiger partial charge >= 0.3 is 0 Å². The molecule has 0 unspecified atom stereocenters. The summed E-state index contributed by atoms with van der Waals surface area (Å²) in [5, 5.41) is 9.60. The maximum Gasteiger partial charge on any atom is 0.245 e. The van der Waals surface area contributed by atoms with Gasteiger partial charge in [-0.3, -0.25) is 0 Å². The second-order valence-electron chi connectivity index (χ2n) is 7.24. The van der Waals surface area contributed by atoms with Crippen LogP contribution in [0.5, 0.6) is 5.88 Å². The van der Waals surface area contributed by atoms with Crippen molar-refractivity contribution in [3.63, 3.8) is 0 Å². The molecule has 154 valence electrons. The fraction of sp³-hybridized carbons (Fsp3) is 0.316. The maximum atomic E-state index is 6.50. The minimum atomic E-state index is -0.422. The summed E-state index contributed by atoms with van der Waals surface area (Å²) in [5.74, 6) is 1.51. The van der Waals surface area contributed by atoms with Crippen molar-refractivity contribution in [3.05, 3.63) is 47.4 Å². The molecule has 9 nitrogen and oxygen atoms in total. The molecule has 5 rings (SSSR count). The van der Waals surface area contributed by atoms with E-state index in [1.165, 1.54) is 11.8 Å². The number of piperidine rings is 1. The van der Waals surface area contributed by atoms with Crippen LogP contribution in [-0.2, 0) is 0 Å². The van der Waals surface area contributed by atoms with Crippen LogP contribution < -0.4 is 21.1 Å². The van der Waals surface area contributed by atoms with E-state index >= 15 is 0 Å². The van der Waals surface area contributed by atoms with E-state index in [1.54, 1.807) is 24.7 Å². The molecule has 3 aromatic heterocycles. The molecule has 1 saturated heterocycles. The normalized spacial score (nSPS) is 19.5. The number of nitrogens with two attached hydrogens (primary N) is 2. The molecule has 0 bridgehead atoms. The van der Waals surface area contributed by atoms with E-state index in [1.807, 2.05) is 12.1 Å². The molecule has 0 amide bonds. The van der Waals surface area contributed by atoms with E-state index < -0.39 is 5.60 Å². The largest absolute Gasteiger partial charge is 0.469 e. The van der Waals surface area contributed by atoms with Crippen LogP contribution in [0.25, 0.3) is 0 Å². The summed E-state index contributed by atoms with van der Waals surface area (Å²) in [6, 6.07) is 5.47. The van der Waals surface area contributed by atoms with Crippen molar-refractivity contribution < 1.29 is 4.74 Å². The Kier molecular flexibility index (Phi) is 4.84. The van der Waals surface area contributed by atoms with Gasteiger partial charge in [-0.25, -0.2) is 15.0 Å². The van der Waals surface area contributed by atoms with E-state index in [2.05, 4.69) is 30.0 Å². The lowest BCUT2D eigenvalue weighted by atomic mass is 9.83. The monoisotopic (exact) mass is 442 g/mol. The average Bonchev–Trinajstić information content (AvgIpc) is 3.04. The Bertz CT molecular complexity index is 1070.